The molecule has 2 atom stereocenters. The number of ether oxygens (including phenoxy) is 2. The van der Waals surface area contributed by atoms with E-state index in [-0.39, 0.29) is 6.10 Å². The van der Waals surface area contributed by atoms with Crippen molar-refractivity contribution >= 4 is 11.8 Å². The van der Waals surface area contributed by atoms with Gasteiger partial charge in [-0.1, -0.05) is 38.1 Å². The second-order valence-electron chi connectivity index (χ2n) is 10.1. The number of nitrogens with one attached hydrogen (secondary N) is 1. The van der Waals surface area contributed by atoms with Crippen molar-refractivity contribution < 1.29 is 19.4 Å². The fraction of sp³-hybridized carbons (Fsp3) is 0.571. The molecule has 0 aliphatic carbocycles. The van der Waals surface area contributed by atoms with Crippen molar-refractivity contribution in [3.63, 3.8) is 0 Å². The number of rotatable bonds is 12. The van der Waals surface area contributed by atoms with Crippen LogP contribution in [0, 0.1) is 5.92 Å². The highest BCUT2D eigenvalue weighted by atomic mass is 16.5. The molecule has 2 aromatic rings. The highest BCUT2D eigenvalue weighted by Gasteiger charge is 2.35. The van der Waals surface area contributed by atoms with E-state index in [0.29, 0.717) is 43.5 Å². The van der Waals surface area contributed by atoms with E-state index in [1.807, 2.05) is 29.2 Å². The van der Waals surface area contributed by atoms with Gasteiger partial charge in [-0.3, -0.25) is 9.69 Å². The minimum atomic E-state index is -0.849. The van der Waals surface area contributed by atoms with Gasteiger partial charge in [0.25, 0.3) is 0 Å². The normalized spacial score (nSPS) is 18.8. The number of aromatic nitrogens is 1. The summed E-state index contributed by atoms with van der Waals surface area (Å²) in [7, 11) is 0. The first-order valence-electron chi connectivity index (χ1n) is 13.0. The van der Waals surface area contributed by atoms with E-state index in [1.54, 1.807) is 0 Å². The number of aryl methyl sites for hydroxylation is 2. The molecule has 0 unspecified atom stereocenters. The average molecular weight is 482 g/mol. The molecule has 0 spiro atoms. The summed E-state index contributed by atoms with van der Waals surface area (Å²) in [6, 6.07) is 11.1. The van der Waals surface area contributed by atoms with E-state index < -0.39 is 12.0 Å². The Bertz CT molecular complexity index is 980. The first-order chi connectivity index (χ1) is 17.0. The Morgan fingerprint density at radius 1 is 1.23 bits per heavy atom. The molecule has 1 fully saturated rings. The van der Waals surface area contributed by atoms with Crippen LogP contribution in [0.3, 0.4) is 0 Å². The number of anilines is 1. The van der Waals surface area contributed by atoms with Crippen LogP contribution in [-0.2, 0) is 22.4 Å². The third kappa shape index (κ3) is 6.95. The minimum Gasteiger partial charge on any atom is -0.493 e. The van der Waals surface area contributed by atoms with Gasteiger partial charge in [0.2, 0.25) is 0 Å². The maximum atomic E-state index is 12.3. The summed E-state index contributed by atoms with van der Waals surface area (Å²) < 4.78 is 12.1. The summed E-state index contributed by atoms with van der Waals surface area (Å²) >= 11 is 0. The van der Waals surface area contributed by atoms with E-state index in [4.69, 9.17) is 14.5 Å². The number of hydrogen-bond acceptors (Lipinski definition) is 6. The highest BCUT2D eigenvalue weighted by Crippen LogP contribution is 2.33. The van der Waals surface area contributed by atoms with E-state index in [9.17, 15) is 9.90 Å². The van der Waals surface area contributed by atoms with Gasteiger partial charge in [0.1, 0.15) is 17.6 Å². The van der Waals surface area contributed by atoms with Crippen LogP contribution in [0.25, 0.3) is 0 Å². The molecule has 1 aromatic carbocycles. The van der Waals surface area contributed by atoms with Crippen LogP contribution in [0.5, 0.6) is 5.75 Å². The number of hydrogen-bond donors (Lipinski definition) is 2. The Labute approximate surface area is 208 Å². The van der Waals surface area contributed by atoms with Crippen LogP contribution < -0.4 is 10.1 Å². The number of carboxylic acid groups (broad SMARTS) is 1. The lowest BCUT2D eigenvalue weighted by Gasteiger charge is -2.26. The Balaban J connectivity index is 1.24. The summed E-state index contributed by atoms with van der Waals surface area (Å²) in [6.07, 6.45) is 6.14. The SMILES string of the molecule is CC(C)COc1ccccc1[C@H](C(=O)O)N1CC[C@@H](OCCCCc2ccc3c(n2)NCCC3)C1. The Morgan fingerprint density at radius 3 is 2.91 bits per heavy atom. The summed E-state index contributed by atoms with van der Waals surface area (Å²) in [5.74, 6) is 1.23. The van der Waals surface area contributed by atoms with Gasteiger partial charge < -0.3 is 19.9 Å². The molecule has 0 amide bonds. The Hall–Kier alpha value is -2.64. The maximum Gasteiger partial charge on any atom is 0.325 e. The minimum absolute atomic E-state index is 0.0617. The van der Waals surface area contributed by atoms with Crippen molar-refractivity contribution in [1.29, 1.82) is 0 Å². The van der Waals surface area contributed by atoms with Crippen LogP contribution in [0.2, 0.25) is 0 Å². The summed E-state index contributed by atoms with van der Waals surface area (Å²) in [5.41, 5.74) is 3.17. The first-order valence-corrected chi connectivity index (χ1v) is 13.0. The fourth-order valence-corrected chi connectivity index (χ4v) is 4.87. The van der Waals surface area contributed by atoms with Crippen molar-refractivity contribution in [3.05, 3.63) is 53.2 Å². The summed E-state index contributed by atoms with van der Waals surface area (Å²) in [4.78, 5) is 19.0. The molecule has 4 rings (SSSR count). The number of pyridine rings is 1. The molecule has 2 aliphatic heterocycles. The standard InChI is InChI=1S/C28H39N3O4/c1-20(2)19-35-25-11-4-3-10-24(25)26(28(32)33)31-16-14-23(18-31)34-17-6-5-9-22-13-12-21-8-7-15-29-27(21)30-22/h3-4,10-13,20,23,26H,5-9,14-19H2,1-2H3,(H,29,30)(H,32,33)/t23-,26-/m1/s1. The lowest BCUT2D eigenvalue weighted by atomic mass is 10.0. The maximum absolute atomic E-state index is 12.3. The van der Waals surface area contributed by atoms with Gasteiger partial charge in [-0.25, -0.2) is 4.98 Å². The van der Waals surface area contributed by atoms with Crippen molar-refractivity contribution in [2.45, 2.75) is 64.5 Å². The molecule has 0 radical (unpaired) electrons. The molecule has 7 nitrogen and oxygen atoms in total. The molecule has 1 saturated heterocycles. The number of aliphatic carboxylic acids is 1. The highest BCUT2D eigenvalue weighted by molar-refractivity contribution is 5.76. The summed E-state index contributed by atoms with van der Waals surface area (Å²) in [6.45, 7) is 7.75. The molecule has 2 N–H and O–H groups in total. The van der Waals surface area contributed by atoms with Crippen molar-refractivity contribution in [2.24, 2.45) is 5.92 Å². The molecule has 7 heteroatoms. The smallest absolute Gasteiger partial charge is 0.325 e. The number of nitrogens with zero attached hydrogens (tertiary/aromatic N) is 2. The Kier molecular flexibility index (Phi) is 8.99. The molecule has 3 heterocycles. The molecular formula is C28H39N3O4. The molecular weight excluding hydrogens is 442 g/mol. The number of carbonyl (C=O) groups is 1. The number of fused-ring (bicyclic) bond motifs is 1. The van der Waals surface area contributed by atoms with E-state index >= 15 is 0 Å². The van der Waals surface area contributed by atoms with Gasteiger partial charge in [0.05, 0.1) is 12.7 Å². The number of unbranched alkanes of at least 4 members (excludes halogenated alkanes) is 1. The lowest BCUT2D eigenvalue weighted by Crippen LogP contribution is -2.34. The number of carboxylic acids is 1. The average Bonchev–Trinajstić information content (AvgIpc) is 3.31. The zero-order valence-electron chi connectivity index (χ0n) is 21.0. The van der Waals surface area contributed by atoms with Gasteiger partial charge in [-0.2, -0.15) is 0 Å². The van der Waals surface area contributed by atoms with Gasteiger partial charge in [-0.05, 0) is 62.1 Å². The summed E-state index contributed by atoms with van der Waals surface area (Å²) in [5, 5.41) is 13.5. The van der Waals surface area contributed by atoms with Crippen molar-refractivity contribution in [2.75, 3.05) is 38.2 Å². The van der Waals surface area contributed by atoms with E-state index in [1.165, 1.54) is 12.0 Å². The molecule has 1 aromatic heterocycles. The van der Waals surface area contributed by atoms with Crippen LogP contribution in [0.1, 0.15) is 62.4 Å². The van der Waals surface area contributed by atoms with E-state index in [0.717, 1.165) is 50.2 Å². The van der Waals surface area contributed by atoms with Gasteiger partial charge in [-0.15, -0.1) is 0 Å². The second-order valence-corrected chi connectivity index (χ2v) is 10.1. The van der Waals surface area contributed by atoms with Gasteiger partial charge >= 0.3 is 5.97 Å². The zero-order chi connectivity index (χ0) is 24.6. The predicted octanol–water partition coefficient (Wildman–Crippen LogP) is 4.71. The Morgan fingerprint density at radius 2 is 2.09 bits per heavy atom. The third-order valence-corrected chi connectivity index (χ3v) is 6.69. The number of benzene rings is 1. The molecule has 190 valence electrons. The van der Waals surface area contributed by atoms with Crippen LogP contribution in [-0.4, -0.2) is 59.9 Å². The zero-order valence-corrected chi connectivity index (χ0v) is 21.0. The van der Waals surface area contributed by atoms with Crippen LogP contribution >= 0.6 is 0 Å². The molecule has 35 heavy (non-hydrogen) atoms. The molecule has 0 saturated carbocycles. The van der Waals surface area contributed by atoms with Crippen LogP contribution in [0.4, 0.5) is 5.82 Å². The monoisotopic (exact) mass is 481 g/mol. The second kappa shape index (κ2) is 12.4. The first kappa shape index (κ1) is 25.5. The third-order valence-electron chi connectivity index (χ3n) is 6.69. The fourth-order valence-electron chi connectivity index (χ4n) is 4.87. The number of para-hydroxylation sites is 1. The van der Waals surface area contributed by atoms with Crippen LogP contribution in [0.15, 0.2) is 36.4 Å². The quantitative estimate of drug-likeness (QED) is 0.425. The lowest BCUT2D eigenvalue weighted by molar-refractivity contribution is -0.143. The van der Waals surface area contributed by atoms with E-state index in [2.05, 4.69) is 31.3 Å². The predicted molar refractivity (Wildman–Crippen MR) is 137 cm³/mol. The topological polar surface area (TPSA) is 83.9 Å². The van der Waals surface area contributed by atoms with Gasteiger partial charge in [0, 0.05) is 37.5 Å². The largest absolute Gasteiger partial charge is 0.493 e. The van der Waals surface area contributed by atoms with Crippen molar-refractivity contribution in [1.82, 2.24) is 9.88 Å². The molecule has 0 bridgehead atoms. The number of likely N-dealkylation sites (tertiary alicyclic amines) is 1. The molecule has 2 aliphatic rings. The van der Waals surface area contributed by atoms with Crippen molar-refractivity contribution in [3.8, 4) is 5.75 Å². The van der Waals surface area contributed by atoms with Gasteiger partial charge in [0.15, 0.2) is 0 Å².